The highest BCUT2D eigenvalue weighted by molar-refractivity contribution is 5.99. The molecule has 16 heavy (non-hydrogen) atoms. The van der Waals surface area contributed by atoms with Crippen molar-refractivity contribution in [3.05, 3.63) is 11.8 Å². The first-order chi connectivity index (χ1) is 7.36. The minimum atomic E-state index is -4.79. The van der Waals surface area contributed by atoms with Gasteiger partial charge < -0.3 is 9.64 Å². The molecule has 0 amide bonds. The van der Waals surface area contributed by atoms with E-state index in [2.05, 4.69) is 0 Å². The van der Waals surface area contributed by atoms with Gasteiger partial charge in [-0.2, -0.15) is 13.2 Å². The molecule has 0 aromatic rings. The molecule has 1 aliphatic rings. The number of ketones is 1. The molecule has 0 aromatic carbocycles. The zero-order valence-electron chi connectivity index (χ0n) is 9.17. The van der Waals surface area contributed by atoms with Crippen LogP contribution in [0.1, 0.15) is 19.8 Å². The maximum atomic E-state index is 12.2. The molecule has 0 aliphatic carbocycles. The first-order valence-corrected chi connectivity index (χ1v) is 5.02. The Morgan fingerprint density at radius 3 is 2.69 bits per heavy atom. The number of ether oxygens (including phenoxy) is 1. The van der Waals surface area contributed by atoms with Crippen LogP contribution in [-0.4, -0.2) is 36.7 Å². The number of allylic oxidation sites excluding steroid dienone is 1. The first kappa shape index (κ1) is 13.0. The first-order valence-electron chi connectivity index (χ1n) is 5.02. The number of carbonyl (C=O) groups is 1. The second-order valence-electron chi connectivity index (χ2n) is 3.60. The molecule has 1 rings (SSSR count). The summed E-state index contributed by atoms with van der Waals surface area (Å²) in [4.78, 5) is 12.5. The fourth-order valence-electron chi connectivity index (χ4n) is 1.62. The minimum absolute atomic E-state index is 0.105. The molecule has 1 aliphatic heterocycles. The molecule has 1 unspecified atom stereocenters. The third kappa shape index (κ3) is 2.98. The lowest BCUT2D eigenvalue weighted by Gasteiger charge is -2.31. The predicted molar refractivity (Wildman–Crippen MR) is 51.6 cm³/mol. The highest BCUT2D eigenvalue weighted by Crippen LogP contribution is 2.27. The SMILES string of the molecule is CCOC1CCC(C(=O)C(F)(F)F)=CN1C. The number of nitrogens with zero attached hydrogens (tertiary/aromatic N) is 1. The van der Waals surface area contributed by atoms with Gasteiger partial charge in [0, 0.05) is 25.4 Å². The number of hydrogen-bond donors (Lipinski definition) is 0. The molecule has 6 heteroatoms. The van der Waals surface area contributed by atoms with Gasteiger partial charge in [-0.1, -0.05) is 0 Å². The molecular weight excluding hydrogens is 223 g/mol. The van der Waals surface area contributed by atoms with E-state index in [1.165, 1.54) is 11.1 Å². The van der Waals surface area contributed by atoms with Crippen LogP contribution < -0.4 is 0 Å². The van der Waals surface area contributed by atoms with Crippen LogP contribution in [0.25, 0.3) is 0 Å². The highest BCUT2D eigenvalue weighted by Gasteiger charge is 2.41. The second-order valence-corrected chi connectivity index (χ2v) is 3.60. The van der Waals surface area contributed by atoms with Crippen LogP contribution in [0.3, 0.4) is 0 Å². The van der Waals surface area contributed by atoms with E-state index >= 15 is 0 Å². The fourth-order valence-corrected chi connectivity index (χ4v) is 1.62. The van der Waals surface area contributed by atoms with Gasteiger partial charge in [-0.25, -0.2) is 0 Å². The molecule has 0 spiro atoms. The summed E-state index contributed by atoms with van der Waals surface area (Å²) in [5.41, 5.74) is -0.203. The number of rotatable bonds is 3. The summed E-state index contributed by atoms with van der Waals surface area (Å²) in [6, 6.07) is 0. The van der Waals surface area contributed by atoms with Gasteiger partial charge in [0.25, 0.3) is 5.78 Å². The molecule has 0 N–H and O–H groups in total. The van der Waals surface area contributed by atoms with Crippen molar-refractivity contribution in [2.75, 3.05) is 13.7 Å². The van der Waals surface area contributed by atoms with Crippen molar-refractivity contribution < 1.29 is 22.7 Å². The number of alkyl halides is 3. The van der Waals surface area contributed by atoms with Crippen molar-refractivity contribution in [1.29, 1.82) is 0 Å². The Morgan fingerprint density at radius 2 is 2.25 bits per heavy atom. The Bertz CT molecular complexity index is 299. The van der Waals surface area contributed by atoms with Crippen molar-refractivity contribution in [2.24, 2.45) is 0 Å². The smallest absolute Gasteiger partial charge is 0.359 e. The van der Waals surface area contributed by atoms with Crippen LogP contribution in [0, 0.1) is 0 Å². The summed E-state index contributed by atoms with van der Waals surface area (Å²) < 4.78 is 41.8. The van der Waals surface area contributed by atoms with E-state index in [4.69, 9.17) is 4.74 Å². The van der Waals surface area contributed by atoms with E-state index < -0.39 is 12.0 Å². The van der Waals surface area contributed by atoms with Crippen LogP contribution in [-0.2, 0) is 9.53 Å². The topological polar surface area (TPSA) is 29.5 Å². The number of carbonyl (C=O) groups excluding carboxylic acids is 1. The second kappa shape index (κ2) is 4.86. The lowest BCUT2D eigenvalue weighted by molar-refractivity contribution is -0.167. The zero-order chi connectivity index (χ0) is 12.3. The summed E-state index contributed by atoms with van der Waals surface area (Å²) in [7, 11) is 1.60. The molecule has 0 radical (unpaired) electrons. The van der Waals surface area contributed by atoms with Gasteiger partial charge >= 0.3 is 6.18 Å². The normalized spacial score (nSPS) is 21.9. The summed E-state index contributed by atoms with van der Waals surface area (Å²) in [6.45, 7) is 2.30. The molecule has 1 heterocycles. The standard InChI is InChI=1S/C10H14F3NO2/c1-3-16-8-5-4-7(6-14(8)2)9(15)10(11,12)13/h6,8H,3-5H2,1-2H3. The third-order valence-corrected chi connectivity index (χ3v) is 2.38. The van der Waals surface area contributed by atoms with E-state index in [0.717, 1.165) is 0 Å². The van der Waals surface area contributed by atoms with Crippen LogP contribution in [0.4, 0.5) is 13.2 Å². The lowest BCUT2D eigenvalue weighted by Crippen LogP contribution is -2.36. The largest absolute Gasteiger partial charge is 0.454 e. The van der Waals surface area contributed by atoms with Crippen molar-refractivity contribution in [3.8, 4) is 0 Å². The maximum Gasteiger partial charge on any atom is 0.454 e. The van der Waals surface area contributed by atoms with E-state index in [1.807, 2.05) is 6.92 Å². The lowest BCUT2D eigenvalue weighted by atomic mass is 10.0. The van der Waals surface area contributed by atoms with Crippen LogP contribution in [0.5, 0.6) is 0 Å². The number of Topliss-reactive ketones (excluding diaryl/α,β-unsaturated/α-hetero) is 1. The maximum absolute atomic E-state index is 12.2. The van der Waals surface area contributed by atoms with Gasteiger partial charge in [0.1, 0.15) is 6.23 Å². The van der Waals surface area contributed by atoms with Crippen LogP contribution in [0.15, 0.2) is 11.8 Å². The minimum Gasteiger partial charge on any atom is -0.359 e. The fraction of sp³-hybridized carbons (Fsp3) is 0.700. The van der Waals surface area contributed by atoms with E-state index in [0.29, 0.717) is 13.0 Å². The highest BCUT2D eigenvalue weighted by atomic mass is 19.4. The van der Waals surface area contributed by atoms with E-state index in [1.54, 1.807) is 7.05 Å². The van der Waals surface area contributed by atoms with Gasteiger partial charge in [0.2, 0.25) is 0 Å². The molecule has 92 valence electrons. The van der Waals surface area contributed by atoms with E-state index in [9.17, 15) is 18.0 Å². The van der Waals surface area contributed by atoms with Crippen LogP contribution >= 0.6 is 0 Å². The van der Waals surface area contributed by atoms with Gasteiger partial charge in [-0.15, -0.1) is 0 Å². The summed E-state index contributed by atoms with van der Waals surface area (Å²) in [5.74, 6) is -1.76. The van der Waals surface area contributed by atoms with Crippen molar-refractivity contribution in [3.63, 3.8) is 0 Å². The van der Waals surface area contributed by atoms with Gasteiger partial charge in [0.15, 0.2) is 0 Å². The van der Waals surface area contributed by atoms with Gasteiger partial charge in [-0.3, -0.25) is 4.79 Å². The van der Waals surface area contributed by atoms with E-state index in [-0.39, 0.29) is 18.2 Å². The quantitative estimate of drug-likeness (QED) is 0.752. The Morgan fingerprint density at radius 1 is 1.62 bits per heavy atom. The molecule has 3 nitrogen and oxygen atoms in total. The third-order valence-electron chi connectivity index (χ3n) is 2.38. The van der Waals surface area contributed by atoms with Crippen molar-refractivity contribution in [1.82, 2.24) is 4.90 Å². The van der Waals surface area contributed by atoms with Crippen molar-refractivity contribution in [2.45, 2.75) is 32.2 Å². The van der Waals surface area contributed by atoms with Crippen molar-refractivity contribution >= 4 is 5.78 Å². The number of hydrogen-bond acceptors (Lipinski definition) is 3. The Kier molecular flexibility index (Phi) is 3.96. The van der Waals surface area contributed by atoms with Crippen LogP contribution in [0.2, 0.25) is 0 Å². The summed E-state index contributed by atoms with van der Waals surface area (Å²) in [6.07, 6.45) is -3.30. The molecule has 0 saturated heterocycles. The predicted octanol–water partition coefficient (Wildman–Crippen LogP) is 2.09. The molecule has 1 atom stereocenters. The molecule has 0 fully saturated rings. The summed E-state index contributed by atoms with van der Waals surface area (Å²) in [5, 5.41) is 0. The summed E-state index contributed by atoms with van der Waals surface area (Å²) >= 11 is 0. The molecule has 0 saturated carbocycles. The number of halogens is 3. The van der Waals surface area contributed by atoms with Gasteiger partial charge in [-0.05, 0) is 19.8 Å². The Hall–Kier alpha value is -1.04. The molecule has 0 aromatic heterocycles. The monoisotopic (exact) mass is 237 g/mol. The Balaban J connectivity index is 2.73. The average Bonchev–Trinajstić information content (AvgIpc) is 2.19. The average molecular weight is 237 g/mol. The zero-order valence-corrected chi connectivity index (χ0v) is 9.17. The molecule has 0 bridgehead atoms. The molecular formula is C10H14F3NO2. The van der Waals surface area contributed by atoms with Gasteiger partial charge in [0.05, 0.1) is 0 Å². The Labute approximate surface area is 91.9 Å².